The molecule has 0 bridgehead atoms. The second-order valence-electron chi connectivity index (χ2n) is 8.06. The summed E-state index contributed by atoms with van der Waals surface area (Å²) in [6, 6.07) is 4.69. The first kappa shape index (κ1) is 26.8. The fraction of sp³-hybridized carbons (Fsp3) is 0.593. The maximum absolute atomic E-state index is 11.3. The molecule has 0 saturated heterocycles. The van der Waals surface area contributed by atoms with Gasteiger partial charge in [0.05, 0.1) is 18.1 Å². The molecular formula is C27H42O4. The van der Waals surface area contributed by atoms with Crippen molar-refractivity contribution in [3.63, 3.8) is 0 Å². The van der Waals surface area contributed by atoms with Crippen molar-refractivity contribution >= 4 is 5.97 Å². The van der Waals surface area contributed by atoms with E-state index in [0.29, 0.717) is 11.5 Å². The molecule has 0 aliphatic carbocycles. The van der Waals surface area contributed by atoms with Crippen LogP contribution in [0.3, 0.4) is 0 Å². The molecule has 0 radical (unpaired) electrons. The highest BCUT2D eigenvalue weighted by atomic mass is 16.5. The minimum Gasteiger partial charge on any atom is -0.478 e. The molecule has 0 atom stereocenters. The zero-order chi connectivity index (χ0) is 22.6. The average Bonchev–Trinajstić information content (AvgIpc) is 2.77. The maximum Gasteiger partial charge on any atom is 0.335 e. The van der Waals surface area contributed by atoms with Gasteiger partial charge in [0.25, 0.3) is 0 Å². The molecule has 4 heteroatoms. The Bertz CT molecular complexity index is 649. The first-order valence-electron chi connectivity index (χ1n) is 12.2. The first-order chi connectivity index (χ1) is 15.2. The molecule has 174 valence electrons. The Morgan fingerprint density at radius 1 is 0.742 bits per heavy atom. The van der Waals surface area contributed by atoms with E-state index in [9.17, 15) is 9.90 Å². The second kappa shape index (κ2) is 18.5. The Hall–Kier alpha value is -2.23. The predicted molar refractivity (Wildman–Crippen MR) is 129 cm³/mol. The zero-order valence-electron chi connectivity index (χ0n) is 19.6. The van der Waals surface area contributed by atoms with Gasteiger partial charge in [-0.05, 0) is 56.0 Å². The van der Waals surface area contributed by atoms with Gasteiger partial charge in [-0.1, -0.05) is 78.1 Å². The quantitative estimate of drug-likeness (QED) is 0.176. The van der Waals surface area contributed by atoms with E-state index in [2.05, 4.69) is 13.8 Å². The lowest BCUT2D eigenvalue weighted by atomic mass is 10.1. The van der Waals surface area contributed by atoms with E-state index in [0.717, 1.165) is 25.7 Å². The molecule has 0 amide bonds. The highest BCUT2D eigenvalue weighted by molar-refractivity contribution is 5.88. The van der Waals surface area contributed by atoms with Gasteiger partial charge in [0, 0.05) is 0 Å². The van der Waals surface area contributed by atoms with Crippen molar-refractivity contribution in [2.75, 3.05) is 0 Å². The Balaban J connectivity index is 2.44. The van der Waals surface area contributed by atoms with Crippen molar-refractivity contribution in [1.82, 2.24) is 0 Å². The normalized spacial score (nSPS) is 11.4. The van der Waals surface area contributed by atoms with Crippen molar-refractivity contribution in [2.45, 2.75) is 104 Å². The van der Waals surface area contributed by atoms with E-state index >= 15 is 0 Å². The van der Waals surface area contributed by atoms with E-state index in [1.54, 1.807) is 18.6 Å². The summed E-state index contributed by atoms with van der Waals surface area (Å²) in [5.41, 5.74) is 0.183. The molecule has 0 spiro atoms. The van der Waals surface area contributed by atoms with E-state index in [1.165, 1.54) is 76.3 Å². The number of hydrogen-bond acceptors (Lipinski definition) is 3. The van der Waals surface area contributed by atoms with Crippen LogP contribution in [0.1, 0.15) is 114 Å². The number of rotatable bonds is 19. The third kappa shape index (κ3) is 13.6. The minimum absolute atomic E-state index is 0.183. The largest absolute Gasteiger partial charge is 0.478 e. The summed E-state index contributed by atoms with van der Waals surface area (Å²) in [6.45, 7) is 4.45. The van der Waals surface area contributed by atoms with Gasteiger partial charge < -0.3 is 14.6 Å². The lowest BCUT2D eigenvalue weighted by Gasteiger charge is -2.08. The molecular weight excluding hydrogens is 388 g/mol. The average molecular weight is 431 g/mol. The summed E-state index contributed by atoms with van der Waals surface area (Å²) in [5, 5.41) is 9.25. The number of allylic oxidation sites excluding steroid dienone is 2. The second-order valence-corrected chi connectivity index (χ2v) is 8.06. The molecule has 4 nitrogen and oxygen atoms in total. The Morgan fingerprint density at radius 2 is 1.23 bits per heavy atom. The standard InChI is InChI=1S/C27H42O4/c1-3-5-7-9-11-13-15-17-21-30-25-20-19-24(27(28)29)23-26(25)31-22-18-16-14-12-10-8-6-4-2/h17-23H,3-16H2,1-2H3,(H,28,29). The fourth-order valence-electron chi connectivity index (χ4n) is 3.29. The SMILES string of the molecule is CCCCCCCCC=COc1ccc(C(=O)O)cc1OC=CCCCCCCCC. The Morgan fingerprint density at radius 3 is 1.74 bits per heavy atom. The van der Waals surface area contributed by atoms with Gasteiger partial charge in [0.1, 0.15) is 0 Å². The molecule has 1 aromatic carbocycles. The smallest absolute Gasteiger partial charge is 0.335 e. The number of unbranched alkanes of at least 4 members (excludes halogenated alkanes) is 12. The minimum atomic E-state index is -0.980. The van der Waals surface area contributed by atoms with Crippen LogP contribution in [0.2, 0.25) is 0 Å². The van der Waals surface area contributed by atoms with E-state index < -0.39 is 5.97 Å². The van der Waals surface area contributed by atoms with Crippen molar-refractivity contribution < 1.29 is 19.4 Å². The molecule has 1 rings (SSSR count). The third-order valence-corrected chi connectivity index (χ3v) is 5.22. The summed E-state index contributed by atoms with van der Waals surface area (Å²) < 4.78 is 11.4. The van der Waals surface area contributed by atoms with Crippen molar-refractivity contribution in [1.29, 1.82) is 0 Å². The first-order valence-corrected chi connectivity index (χ1v) is 12.2. The van der Waals surface area contributed by atoms with Crippen molar-refractivity contribution in [2.24, 2.45) is 0 Å². The molecule has 0 saturated carbocycles. The molecule has 0 aliphatic heterocycles. The summed E-state index contributed by atoms with van der Waals surface area (Å²) in [5.74, 6) is -0.0391. The Kier molecular flexibility index (Phi) is 16.0. The number of hydrogen-bond donors (Lipinski definition) is 1. The molecule has 0 heterocycles. The summed E-state index contributed by atoms with van der Waals surface area (Å²) in [7, 11) is 0. The van der Waals surface area contributed by atoms with Gasteiger partial charge >= 0.3 is 5.97 Å². The number of carbonyl (C=O) groups is 1. The molecule has 1 N–H and O–H groups in total. The lowest BCUT2D eigenvalue weighted by Crippen LogP contribution is -1.98. The van der Waals surface area contributed by atoms with Crippen LogP contribution in [0, 0.1) is 0 Å². The number of aromatic carboxylic acids is 1. The Labute approximate surface area is 189 Å². The molecule has 0 aromatic heterocycles. The van der Waals surface area contributed by atoms with Crippen LogP contribution in [0.4, 0.5) is 0 Å². The van der Waals surface area contributed by atoms with Crippen LogP contribution in [0.25, 0.3) is 0 Å². The third-order valence-electron chi connectivity index (χ3n) is 5.22. The van der Waals surface area contributed by atoms with Crippen LogP contribution in [0.5, 0.6) is 11.5 Å². The van der Waals surface area contributed by atoms with Crippen molar-refractivity contribution in [3.8, 4) is 11.5 Å². The number of carboxylic acids is 1. The number of carboxylic acid groups (broad SMARTS) is 1. The van der Waals surface area contributed by atoms with Crippen LogP contribution in [-0.4, -0.2) is 11.1 Å². The van der Waals surface area contributed by atoms with Gasteiger partial charge in [-0.3, -0.25) is 0 Å². The topological polar surface area (TPSA) is 55.8 Å². The highest BCUT2D eigenvalue weighted by Gasteiger charge is 2.10. The molecule has 0 unspecified atom stereocenters. The molecule has 0 aliphatic rings. The molecule has 1 aromatic rings. The van der Waals surface area contributed by atoms with E-state index in [4.69, 9.17) is 9.47 Å². The van der Waals surface area contributed by atoms with Gasteiger partial charge in [-0.25, -0.2) is 4.79 Å². The van der Waals surface area contributed by atoms with Crippen molar-refractivity contribution in [3.05, 3.63) is 48.4 Å². The van der Waals surface area contributed by atoms with Gasteiger partial charge in [-0.15, -0.1) is 0 Å². The van der Waals surface area contributed by atoms with E-state index in [-0.39, 0.29) is 5.56 Å². The van der Waals surface area contributed by atoms with Gasteiger partial charge in [-0.2, -0.15) is 0 Å². The lowest BCUT2D eigenvalue weighted by molar-refractivity contribution is 0.0696. The predicted octanol–water partition coefficient (Wildman–Crippen LogP) is 8.67. The molecule has 31 heavy (non-hydrogen) atoms. The monoisotopic (exact) mass is 430 g/mol. The van der Waals surface area contributed by atoms with Gasteiger partial charge in [0.2, 0.25) is 0 Å². The zero-order valence-corrected chi connectivity index (χ0v) is 19.6. The summed E-state index contributed by atoms with van der Waals surface area (Å²) in [4.78, 5) is 11.3. The van der Waals surface area contributed by atoms with Crippen LogP contribution >= 0.6 is 0 Å². The van der Waals surface area contributed by atoms with E-state index in [1.807, 2.05) is 12.2 Å². The van der Waals surface area contributed by atoms with Gasteiger partial charge in [0.15, 0.2) is 11.5 Å². The fourth-order valence-corrected chi connectivity index (χ4v) is 3.29. The number of benzene rings is 1. The van der Waals surface area contributed by atoms with Crippen LogP contribution < -0.4 is 9.47 Å². The number of ether oxygens (including phenoxy) is 2. The van der Waals surface area contributed by atoms with Crippen LogP contribution in [0.15, 0.2) is 42.9 Å². The highest BCUT2D eigenvalue weighted by Crippen LogP contribution is 2.29. The molecule has 0 fully saturated rings. The maximum atomic E-state index is 11.3. The summed E-state index contributed by atoms with van der Waals surface area (Å²) >= 11 is 0. The van der Waals surface area contributed by atoms with Crippen LogP contribution in [-0.2, 0) is 0 Å². The summed E-state index contributed by atoms with van der Waals surface area (Å²) in [6.07, 6.45) is 24.4.